The molecule has 0 bridgehead atoms. The number of nitrogens with two attached hydrogens (primary N) is 1. The molecule has 0 amide bonds. The molecule has 0 aliphatic heterocycles. The topological polar surface area (TPSA) is 79.4 Å². The molecule has 2 aromatic heterocycles. The monoisotopic (exact) mass is 461 g/mol. The summed E-state index contributed by atoms with van der Waals surface area (Å²) < 4.78 is 13.8. The molecular weight excluding hydrogens is 434 g/mol. The molecule has 1 atom stereocenters. The van der Waals surface area contributed by atoms with E-state index in [0.717, 1.165) is 32.9 Å². The van der Waals surface area contributed by atoms with Gasteiger partial charge in [-0.3, -0.25) is 9.78 Å². The molecule has 1 unspecified atom stereocenters. The maximum absolute atomic E-state index is 13.2. The average Bonchev–Trinajstić information content (AvgIpc) is 2.66. The van der Waals surface area contributed by atoms with Gasteiger partial charge in [0.25, 0.3) is 5.56 Å². The zero-order valence-electron chi connectivity index (χ0n) is 17.4. The van der Waals surface area contributed by atoms with E-state index in [1.807, 2.05) is 25.1 Å². The highest BCUT2D eigenvalue weighted by atomic mass is 79.9. The SMILES string of the molecule is COCCn1c(=O)c2c(C)nccc2c2cc(Br)c(OCC(N)CC(C)C)cc21. The van der Waals surface area contributed by atoms with Gasteiger partial charge in [0, 0.05) is 37.3 Å². The minimum Gasteiger partial charge on any atom is -0.491 e. The second-order valence-corrected chi connectivity index (χ2v) is 8.62. The Balaban J connectivity index is 2.15. The molecule has 6 nitrogen and oxygen atoms in total. The van der Waals surface area contributed by atoms with Gasteiger partial charge in [-0.25, -0.2) is 0 Å². The van der Waals surface area contributed by atoms with Crippen molar-refractivity contribution in [3.8, 4) is 5.75 Å². The summed E-state index contributed by atoms with van der Waals surface area (Å²) in [4.78, 5) is 17.6. The van der Waals surface area contributed by atoms with Crippen molar-refractivity contribution in [2.75, 3.05) is 20.3 Å². The fraction of sp³-hybridized carbons (Fsp3) is 0.455. The van der Waals surface area contributed by atoms with Crippen LogP contribution in [0.25, 0.3) is 21.7 Å². The number of pyridine rings is 2. The third kappa shape index (κ3) is 4.63. The normalized spacial score (nSPS) is 12.8. The molecule has 2 heterocycles. The number of hydrogen-bond donors (Lipinski definition) is 1. The predicted octanol–water partition coefficient (Wildman–Crippen LogP) is 4.02. The van der Waals surface area contributed by atoms with E-state index in [0.29, 0.717) is 36.8 Å². The van der Waals surface area contributed by atoms with E-state index in [-0.39, 0.29) is 11.6 Å². The summed E-state index contributed by atoms with van der Waals surface area (Å²) >= 11 is 3.62. The summed E-state index contributed by atoms with van der Waals surface area (Å²) in [5, 5.41) is 2.48. The zero-order valence-corrected chi connectivity index (χ0v) is 19.0. The van der Waals surface area contributed by atoms with Crippen LogP contribution in [0, 0.1) is 12.8 Å². The molecule has 2 N–H and O–H groups in total. The molecule has 0 spiro atoms. The van der Waals surface area contributed by atoms with Crippen molar-refractivity contribution in [3.63, 3.8) is 0 Å². The summed E-state index contributed by atoms with van der Waals surface area (Å²) in [6, 6.07) is 5.76. The summed E-state index contributed by atoms with van der Waals surface area (Å²) in [7, 11) is 1.63. The number of nitrogens with zero attached hydrogens (tertiary/aromatic N) is 2. The van der Waals surface area contributed by atoms with E-state index < -0.39 is 0 Å². The number of fused-ring (bicyclic) bond motifs is 3. The number of rotatable bonds is 8. The third-order valence-corrected chi connectivity index (χ3v) is 5.60. The van der Waals surface area contributed by atoms with Gasteiger partial charge in [0.05, 0.1) is 27.7 Å². The van der Waals surface area contributed by atoms with Gasteiger partial charge >= 0.3 is 0 Å². The van der Waals surface area contributed by atoms with Gasteiger partial charge in [0.2, 0.25) is 0 Å². The molecule has 0 saturated heterocycles. The van der Waals surface area contributed by atoms with Crippen LogP contribution in [-0.4, -0.2) is 35.9 Å². The second kappa shape index (κ2) is 9.24. The van der Waals surface area contributed by atoms with E-state index in [2.05, 4.69) is 34.8 Å². The maximum atomic E-state index is 13.2. The summed E-state index contributed by atoms with van der Waals surface area (Å²) in [5.41, 5.74) is 7.63. The first-order valence-electron chi connectivity index (χ1n) is 9.82. The van der Waals surface area contributed by atoms with Crippen molar-refractivity contribution in [2.24, 2.45) is 11.7 Å². The van der Waals surface area contributed by atoms with Crippen molar-refractivity contribution in [2.45, 2.75) is 39.8 Å². The van der Waals surface area contributed by atoms with Crippen LogP contribution in [-0.2, 0) is 11.3 Å². The third-order valence-electron chi connectivity index (χ3n) is 4.98. The molecule has 0 radical (unpaired) electrons. The Kier molecular flexibility index (Phi) is 6.93. The molecule has 0 aliphatic carbocycles. The van der Waals surface area contributed by atoms with Crippen molar-refractivity contribution in [3.05, 3.63) is 44.9 Å². The van der Waals surface area contributed by atoms with Crippen LogP contribution in [0.4, 0.5) is 0 Å². The molecule has 1 aromatic carbocycles. The van der Waals surface area contributed by atoms with Gasteiger partial charge in [-0.2, -0.15) is 0 Å². The van der Waals surface area contributed by atoms with Gasteiger partial charge in [0.15, 0.2) is 0 Å². The Labute approximate surface area is 179 Å². The van der Waals surface area contributed by atoms with Crippen LogP contribution in [0.3, 0.4) is 0 Å². The van der Waals surface area contributed by atoms with Crippen LogP contribution in [0.2, 0.25) is 0 Å². The van der Waals surface area contributed by atoms with Crippen molar-refractivity contribution in [1.82, 2.24) is 9.55 Å². The summed E-state index contributed by atoms with van der Waals surface area (Å²) in [5.74, 6) is 1.18. The lowest BCUT2D eigenvalue weighted by Crippen LogP contribution is -2.29. The van der Waals surface area contributed by atoms with Gasteiger partial charge in [0.1, 0.15) is 12.4 Å². The lowest BCUT2D eigenvalue weighted by Gasteiger charge is -2.18. The molecule has 0 aliphatic rings. The largest absolute Gasteiger partial charge is 0.491 e. The minimum atomic E-state index is -0.0695. The van der Waals surface area contributed by atoms with E-state index >= 15 is 0 Å². The first-order chi connectivity index (χ1) is 13.8. The number of ether oxygens (including phenoxy) is 2. The van der Waals surface area contributed by atoms with Gasteiger partial charge in [-0.05, 0) is 52.7 Å². The number of halogens is 1. The minimum absolute atomic E-state index is 0.0430. The van der Waals surface area contributed by atoms with Crippen LogP contribution in [0.15, 0.2) is 33.7 Å². The highest BCUT2D eigenvalue weighted by Gasteiger charge is 2.16. The molecule has 0 saturated carbocycles. The number of methoxy groups -OCH3 is 1. The maximum Gasteiger partial charge on any atom is 0.260 e. The molecule has 3 rings (SSSR count). The van der Waals surface area contributed by atoms with Crippen LogP contribution >= 0.6 is 15.9 Å². The second-order valence-electron chi connectivity index (χ2n) is 7.77. The number of aromatic nitrogens is 2. The lowest BCUT2D eigenvalue weighted by atomic mass is 10.0. The lowest BCUT2D eigenvalue weighted by molar-refractivity contribution is 0.187. The Morgan fingerprint density at radius 2 is 2.03 bits per heavy atom. The van der Waals surface area contributed by atoms with Crippen LogP contribution in [0.1, 0.15) is 26.0 Å². The first kappa shape index (κ1) is 21.7. The fourth-order valence-electron chi connectivity index (χ4n) is 3.67. The van der Waals surface area contributed by atoms with Crippen molar-refractivity contribution < 1.29 is 9.47 Å². The fourth-order valence-corrected chi connectivity index (χ4v) is 4.13. The molecule has 156 valence electrons. The Bertz CT molecular complexity index is 1080. The molecule has 7 heteroatoms. The van der Waals surface area contributed by atoms with E-state index in [1.165, 1.54) is 0 Å². The van der Waals surface area contributed by atoms with E-state index in [9.17, 15) is 4.79 Å². The van der Waals surface area contributed by atoms with E-state index in [4.69, 9.17) is 15.2 Å². The zero-order chi connectivity index (χ0) is 21.1. The smallest absolute Gasteiger partial charge is 0.260 e. The van der Waals surface area contributed by atoms with Gasteiger partial charge in [-0.15, -0.1) is 0 Å². The predicted molar refractivity (Wildman–Crippen MR) is 121 cm³/mol. The number of aryl methyl sites for hydroxylation is 1. The van der Waals surface area contributed by atoms with Crippen molar-refractivity contribution in [1.29, 1.82) is 0 Å². The summed E-state index contributed by atoms with van der Waals surface area (Å²) in [6.45, 7) is 7.44. The standard InChI is InChI=1S/C22H28BrN3O3/c1-13(2)9-15(24)12-29-20-11-19-17(10-18(20)23)16-5-6-25-14(3)21(16)22(27)26(19)7-8-28-4/h5-6,10-11,13,15H,7-9,12,24H2,1-4H3. The van der Waals surface area contributed by atoms with Crippen LogP contribution in [0.5, 0.6) is 5.75 Å². The summed E-state index contributed by atoms with van der Waals surface area (Å²) in [6.07, 6.45) is 2.62. The first-order valence-corrected chi connectivity index (χ1v) is 10.6. The quantitative estimate of drug-likeness (QED) is 0.512. The van der Waals surface area contributed by atoms with Crippen LogP contribution < -0.4 is 16.0 Å². The van der Waals surface area contributed by atoms with Gasteiger partial charge < -0.3 is 19.8 Å². The molecule has 3 aromatic rings. The average molecular weight is 462 g/mol. The Morgan fingerprint density at radius 1 is 1.28 bits per heavy atom. The highest BCUT2D eigenvalue weighted by molar-refractivity contribution is 9.10. The highest BCUT2D eigenvalue weighted by Crippen LogP contribution is 2.34. The number of hydrogen-bond acceptors (Lipinski definition) is 5. The Hall–Kier alpha value is -1.96. The van der Waals surface area contributed by atoms with Crippen molar-refractivity contribution >= 4 is 37.6 Å². The Morgan fingerprint density at radius 3 is 2.72 bits per heavy atom. The van der Waals surface area contributed by atoms with Gasteiger partial charge in [-0.1, -0.05) is 13.8 Å². The molecule has 29 heavy (non-hydrogen) atoms. The van der Waals surface area contributed by atoms with E-state index in [1.54, 1.807) is 17.9 Å². The number of benzene rings is 1. The molecule has 0 fully saturated rings. The molecular formula is C22H28BrN3O3.